The van der Waals surface area contributed by atoms with Crippen LogP contribution in [0.5, 0.6) is 0 Å². The van der Waals surface area contributed by atoms with E-state index in [9.17, 15) is 9.18 Å². The maximum absolute atomic E-state index is 13.4. The molecule has 0 radical (unpaired) electrons. The molecule has 4 nitrogen and oxygen atoms in total. The van der Waals surface area contributed by atoms with Crippen LogP contribution in [0.1, 0.15) is 17.0 Å². The van der Waals surface area contributed by atoms with Crippen molar-refractivity contribution < 1.29 is 9.18 Å². The topological polar surface area (TPSA) is 46.4 Å². The number of hydrogen-bond donors (Lipinski definition) is 1. The summed E-state index contributed by atoms with van der Waals surface area (Å²) in [4.78, 5) is 12.9. The Balaban J connectivity index is 1.64. The van der Waals surface area contributed by atoms with Gasteiger partial charge >= 0.3 is 0 Å². The lowest BCUT2D eigenvalue weighted by atomic mass is 10.2. The zero-order valence-corrected chi connectivity index (χ0v) is 18.1. The number of thioether (sulfide) groups is 1. The Morgan fingerprint density at radius 1 is 1.17 bits per heavy atom. The number of aromatic nitrogens is 1. The number of hydrazone groups is 1. The highest BCUT2D eigenvalue weighted by molar-refractivity contribution is 8.00. The van der Waals surface area contributed by atoms with Crippen molar-refractivity contribution >= 4 is 47.1 Å². The van der Waals surface area contributed by atoms with Crippen LogP contribution in [0.4, 0.5) is 4.39 Å². The molecule has 8 heteroatoms. The van der Waals surface area contributed by atoms with Crippen molar-refractivity contribution in [3.05, 3.63) is 81.3 Å². The first-order valence-corrected chi connectivity index (χ1v) is 10.4. The van der Waals surface area contributed by atoms with Crippen molar-refractivity contribution in [2.45, 2.75) is 18.7 Å². The number of nitrogens with zero attached hydrogens (tertiary/aromatic N) is 2. The molecule has 1 aromatic heterocycles. The molecule has 1 heterocycles. The third-order valence-electron chi connectivity index (χ3n) is 4.21. The number of hydrogen-bond acceptors (Lipinski definition) is 3. The minimum absolute atomic E-state index is 0.0654. The molecule has 0 aliphatic rings. The molecular formula is C21H18Cl2FN3OS. The third-order valence-corrected chi connectivity index (χ3v) is 5.76. The summed E-state index contributed by atoms with van der Waals surface area (Å²) in [7, 11) is 0. The van der Waals surface area contributed by atoms with E-state index in [0.717, 1.165) is 27.5 Å². The Morgan fingerprint density at radius 3 is 2.59 bits per heavy atom. The normalized spacial score (nSPS) is 11.2. The van der Waals surface area contributed by atoms with Crippen molar-refractivity contribution in [3.63, 3.8) is 0 Å². The molecule has 0 unspecified atom stereocenters. The fourth-order valence-corrected chi connectivity index (χ4v) is 3.82. The van der Waals surface area contributed by atoms with Crippen molar-refractivity contribution in [3.8, 4) is 5.69 Å². The van der Waals surface area contributed by atoms with Crippen LogP contribution in [0, 0.1) is 19.7 Å². The standard InChI is InChI=1S/C21H18Cl2FN3OS/c1-13-9-15(14(2)27(13)17-5-8-20(24)19(23)10-17)11-25-26-21(28)12-29-18-6-3-16(22)4-7-18/h3-11H,12H2,1-2H3,(H,26,28)/b25-11-. The zero-order chi connectivity index (χ0) is 21.0. The van der Waals surface area contributed by atoms with Crippen molar-refractivity contribution in [2.75, 3.05) is 5.75 Å². The van der Waals surface area contributed by atoms with Gasteiger partial charge in [0, 0.05) is 32.6 Å². The second-order valence-corrected chi connectivity index (χ2v) is 8.19. The molecule has 29 heavy (non-hydrogen) atoms. The highest BCUT2D eigenvalue weighted by Gasteiger charge is 2.11. The molecule has 0 aliphatic heterocycles. The molecule has 0 aliphatic carbocycles. The Labute approximate surface area is 182 Å². The van der Waals surface area contributed by atoms with Crippen LogP contribution in [0.2, 0.25) is 10.0 Å². The van der Waals surface area contributed by atoms with Gasteiger partial charge < -0.3 is 4.57 Å². The van der Waals surface area contributed by atoms with Crippen molar-refractivity contribution in [1.29, 1.82) is 0 Å². The van der Waals surface area contributed by atoms with Gasteiger partial charge in [-0.3, -0.25) is 4.79 Å². The van der Waals surface area contributed by atoms with Crippen LogP contribution in [-0.2, 0) is 4.79 Å². The SMILES string of the molecule is Cc1cc(/C=N\NC(=O)CSc2ccc(Cl)cc2)c(C)n1-c1ccc(F)c(Cl)c1. The van der Waals surface area contributed by atoms with E-state index in [-0.39, 0.29) is 16.7 Å². The van der Waals surface area contributed by atoms with E-state index in [0.29, 0.717) is 5.02 Å². The van der Waals surface area contributed by atoms with E-state index in [4.69, 9.17) is 23.2 Å². The molecule has 1 N–H and O–H groups in total. The molecule has 3 rings (SSSR count). The number of carbonyl (C=O) groups excluding carboxylic acids is 1. The molecule has 3 aromatic rings. The first kappa shape index (κ1) is 21.4. The van der Waals surface area contributed by atoms with E-state index in [1.54, 1.807) is 30.5 Å². The van der Waals surface area contributed by atoms with Gasteiger partial charge in [0.1, 0.15) is 5.82 Å². The summed E-state index contributed by atoms with van der Waals surface area (Å²) in [6.07, 6.45) is 1.59. The number of benzene rings is 2. The van der Waals surface area contributed by atoms with Crippen LogP contribution in [0.15, 0.2) is 58.5 Å². The monoisotopic (exact) mass is 449 g/mol. The fraction of sp³-hybridized carbons (Fsp3) is 0.143. The molecule has 2 aromatic carbocycles. The maximum atomic E-state index is 13.4. The highest BCUT2D eigenvalue weighted by atomic mass is 35.5. The van der Waals surface area contributed by atoms with Crippen LogP contribution >= 0.6 is 35.0 Å². The number of halogens is 3. The number of rotatable bonds is 6. The Bertz CT molecular complexity index is 1060. The molecule has 150 valence electrons. The van der Waals surface area contributed by atoms with Crippen molar-refractivity contribution in [1.82, 2.24) is 9.99 Å². The van der Waals surface area contributed by atoms with Crippen LogP contribution in [-0.4, -0.2) is 22.4 Å². The summed E-state index contributed by atoms with van der Waals surface area (Å²) in [6.45, 7) is 3.85. The summed E-state index contributed by atoms with van der Waals surface area (Å²) >= 11 is 13.2. The summed E-state index contributed by atoms with van der Waals surface area (Å²) < 4.78 is 15.4. The molecule has 0 atom stereocenters. The lowest BCUT2D eigenvalue weighted by molar-refractivity contribution is -0.118. The van der Waals surface area contributed by atoms with E-state index in [2.05, 4.69) is 10.5 Å². The maximum Gasteiger partial charge on any atom is 0.250 e. The molecule has 0 saturated carbocycles. The van der Waals surface area contributed by atoms with Crippen molar-refractivity contribution in [2.24, 2.45) is 5.10 Å². The second-order valence-electron chi connectivity index (χ2n) is 6.30. The number of aryl methyl sites for hydroxylation is 1. The summed E-state index contributed by atoms with van der Waals surface area (Å²) in [5.41, 5.74) is 5.97. The third kappa shape index (κ3) is 5.41. The molecule has 0 spiro atoms. The van der Waals surface area contributed by atoms with Gasteiger partial charge in [-0.15, -0.1) is 11.8 Å². The minimum atomic E-state index is -0.459. The number of nitrogens with one attached hydrogen (secondary N) is 1. The van der Waals surface area contributed by atoms with E-state index >= 15 is 0 Å². The Hall–Kier alpha value is -2.28. The predicted molar refractivity (Wildman–Crippen MR) is 118 cm³/mol. The van der Waals surface area contributed by atoms with Gasteiger partial charge in [0.25, 0.3) is 0 Å². The Morgan fingerprint density at radius 2 is 1.90 bits per heavy atom. The van der Waals surface area contributed by atoms with Gasteiger partial charge in [-0.05, 0) is 62.4 Å². The molecular weight excluding hydrogens is 432 g/mol. The second kappa shape index (κ2) is 9.48. The summed E-state index contributed by atoms with van der Waals surface area (Å²) in [6, 6.07) is 13.8. The molecule has 0 saturated heterocycles. The zero-order valence-electron chi connectivity index (χ0n) is 15.7. The van der Waals surface area contributed by atoms with E-state index in [1.807, 2.05) is 36.6 Å². The van der Waals surface area contributed by atoms with E-state index in [1.165, 1.54) is 17.8 Å². The quantitative estimate of drug-likeness (QED) is 0.294. The smallest absolute Gasteiger partial charge is 0.250 e. The minimum Gasteiger partial charge on any atom is -0.318 e. The predicted octanol–water partition coefficient (Wildman–Crippen LogP) is 5.78. The van der Waals surface area contributed by atoms with Crippen LogP contribution in [0.25, 0.3) is 5.69 Å². The molecule has 0 fully saturated rings. The first-order valence-electron chi connectivity index (χ1n) is 8.70. The van der Waals surface area contributed by atoms with Crippen LogP contribution in [0.3, 0.4) is 0 Å². The van der Waals surface area contributed by atoms with E-state index < -0.39 is 5.82 Å². The lowest BCUT2D eigenvalue weighted by Gasteiger charge is -2.10. The number of amides is 1. The Kier molecular flexibility index (Phi) is 7.00. The lowest BCUT2D eigenvalue weighted by Crippen LogP contribution is -2.19. The average Bonchev–Trinajstić information content (AvgIpc) is 2.97. The fourth-order valence-electron chi connectivity index (χ4n) is 2.83. The largest absolute Gasteiger partial charge is 0.318 e. The van der Waals surface area contributed by atoms with Gasteiger partial charge in [-0.1, -0.05) is 23.2 Å². The van der Waals surface area contributed by atoms with Gasteiger partial charge in [-0.25, -0.2) is 9.82 Å². The van der Waals surface area contributed by atoms with Gasteiger partial charge in [0.15, 0.2) is 0 Å². The first-order chi connectivity index (χ1) is 13.8. The summed E-state index contributed by atoms with van der Waals surface area (Å²) in [5, 5.41) is 4.77. The number of carbonyl (C=O) groups is 1. The summed E-state index contributed by atoms with van der Waals surface area (Å²) in [5.74, 6) is -0.425. The average molecular weight is 450 g/mol. The molecule has 0 bridgehead atoms. The van der Waals surface area contributed by atoms with Gasteiger partial charge in [-0.2, -0.15) is 5.10 Å². The van der Waals surface area contributed by atoms with Gasteiger partial charge in [0.2, 0.25) is 5.91 Å². The molecule has 1 amide bonds. The highest BCUT2D eigenvalue weighted by Crippen LogP contribution is 2.24. The van der Waals surface area contributed by atoms with Gasteiger partial charge in [0.05, 0.1) is 17.0 Å². The van der Waals surface area contributed by atoms with Crippen LogP contribution < -0.4 is 5.43 Å².